The second kappa shape index (κ2) is 9.39. The van der Waals surface area contributed by atoms with E-state index in [9.17, 15) is 9.59 Å². The van der Waals surface area contributed by atoms with Gasteiger partial charge in [0.1, 0.15) is 5.60 Å². The SMILES string of the molecule is CC(C)(C)OC(=O)CCc1[nH]ccc1C(=O)N1CCN(c2ccccc2C(C)(C)C)CC1. The average molecular weight is 440 g/mol. The second-order valence-corrected chi connectivity index (χ2v) is 10.5. The number of amides is 1. The molecule has 0 aliphatic carbocycles. The molecule has 0 spiro atoms. The van der Waals surface area contributed by atoms with E-state index in [-0.39, 0.29) is 23.7 Å². The van der Waals surface area contributed by atoms with Gasteiger partial charge in [0.15, 0.2) is 0 Å². The van der Waals surface area contributed by atoms with E-state index >= 15 is 0 Å². The average Bonchev–Trinajstić information content (AvgIpc) is 3.18. The van der Waals surface area contributed by atoms with Gasteiger partial charge >= 0.3 is 5.97 Å². The summed E-state index contributed by atoms with van der Waals surface area (Å²) in [7, 11) is 0. The van der Waals surface area contributed by atoms with Gasteiger partial charge in [-0.2, -0.15) is 0 Å². The van der Waals surface area contributed by atoms with Crippen molar-refractivity contribution in [2.75, 3.05) is 31.1 Å². The van der Waals surface area contributed by atoms with Crippen LogP contribution in [-0.2, 0) is 21.4 Å². The van der Waals surface area contributed by atoms with Crippen molar-refractivity contribution in [1.29, 1.82) is 0 Å². The van der Waals surface area contributed by atoms with Crippen molar-refractivity contribution in [3.8, 4) is 0 Å². The van der Waals surface area contributed by atoms with Gasteiger partial charge in [0.2, 0.25) is 0 Å². The quantitative estimate of drug-likeness (QED) is 0.694. The zero-order chi connectivity index (χ0) is 23.5. The van der Waals surface area contributed by atoms with Crippen LogP contribution in [0, 0.1) is 0 Å². The van der Waals surface area contributed by atoms with E-state index in [0.717, 1.165) is 18.8 Å². The number of carbonyl (C=O) groups excluding carboxylic acids is 2. The molecule has 32 heavy (non-hydrogen) atoms. The second-order valence-electron chi connectivity index (χ2n) is 10.5. The zero-order valence-corrected chi connectivity index (χ0v) is 20.3. The van der Waals surface area contributed by atoms with Gasteiger partial charge in [0, 0.05) is 43.8 Å². The van der Waals surface area contributed by atoms with E-state index in [4.69, 9.17) is 4.74 Å². The van der Waals surface area contributed by atoms with Gasteiger partial charge < -0.3 is 19.5 Å². The third-order valence-electron chi connectivity index (χ3n) is 5.68. The van der Waals surface area contributed by atoms with Crippen LogP contribution in [0.1, 0.15) is 69.6 Å². The van der Waals surface area contributed by atoms with Crippen LogP contribution in [0.3, 0.4) is 0 Å². The molecule has 174 valence electrons. The van der Waals surface area contributed by atoms with Crippen molar-refractivity contribution in [1.82, 2.24) is 9.88 Å². The molecule has 6 heteroatoms. The molecule has 1 aromatic heterocycles. The van der Waals surface area contributed by atoms with E-state index in [1.54, 1.807) is 6.20 Å². The lowest BCUT2D eigenvalue weighted by Crippen LogP contribution is -2.49. The number of aryl methyl sites for hydroxylation is 1. The Morgan fingerprint density at radius 2 is 1.62 bits per heavy atom. The highest BCUT2D eigenvalue weighted by Gasteiger charge is 2.27. The smallest absolute Gasteiger partial charge is 0.306 e. The Labute approximate surface area is 191 Å². The molecule has 2 heterocycles. The van der Waals surface area contributed by atoms with Gasteiger partial charge in [-0.15, -0.1) is 0 Å². The Bertz CT molecular complexity index is 942. The lowest BCUT2D eigenvalue weighted by Gasteiger charge is -2.38. The largest absolute Gasteiger partial charge is 0.460 e. The maximum Gasteiger partial charge on any atom is 0.306 e. The summed E-state index contributed by atoms with van der Waals surface area (Å²) in [6.45, 7) is 15.2. The van der Waals surface area contributed by atoms with Crippen molar-refractivity contribution >= 4 is 17.6 Å². The number of anilines is 1. The fourth-order valence-electron chi connectivity index (χ4n) is 4.14. The van der Waals surface area contributed by atoms with Crippen molar-refractivity contribution < 1.29 is 14.3 Å². The first-order valence-corrected chi connectivity index (χ1v) is 11.5. The number of hydrogen-bond donors (Lipinski definition) is 1. The number of aromatic amines is 1. The first kappa shape index (κ1) is 23.9. The Kier molecular flexibility index (Phi) is 7.01. The molecule has 0 atom stereocenters. The Balaban J connectivity index is 1.62. The molecule has 0 radical (unpaired) electrons. The van der Waals surface area contributed by atoms with Crippen molar-refractivity contribution in [2.45, 2.75) is 65.4 Å². The molecular weight excluding hydrogens is 402 g/mol. The van der Waals surface area contributed by atoms with Gasteiger partial charge in [-0.3, -0.25) is 9.59 Å². The van der Waals surface area contributed by atoms with Crippen LogP contribution in [-0.4, -0.2) is 53.5 Å². The summed E-state index contributed by atoms with van der Waals surface area (Å²) in [6, 6.07) is 10.4. The number of benzene rings is 1. The fourth-order valence-corrected chi connectivity index (χ4v) is 4.14. The summed E-state index contributed by atoms with van der Waals surface area (Å²) in [4.78, 5) is 32.7. The Morgan fingerprint density at radius 3 is 2.25 bits per heavy atom. The molecule has 3 rings (SSSR count). The van der Waals surface area contributed by atoms with Crippen LogP contribution in [0.15, 0.2) is 36.5 Å². The van der Waals surface area contributed by atoms with Crippen LogP contribution >= 0.6 is 0 Å². The first-order chi connectivity index (χ1) is 15.0. The molecule has 1 aliphatic rings. The van der Waals surface area contributed by atoms with Gasteiger partial charge in [-0.05, 0) is 50.3 Å². The number of aromatic nitrogens is 1. The van der Waals surface area contributed by atoms with Crippen molar-refractivity contribution in [2.24, 2.45) is 0 Å². The van der Waals surface area contributed by atoms with Crippen LogP contribution in [0.25, 0.3) is 0 Å². The molecule has 1 aliphatic heterocycles. The summed E-state index contributed by atoms with van der Waals surface area (Å²) >= 11 is 0. The van der Waals surface area contributed by atoms with Gasteiger partial charge in [-0.1, -0.05) is 39.0 Å². The van der Waals surface area contributed by atoms with E-state index in [1.807, 2.05) is 31.7 Å². The number of rotatable bonds is 5. The number of piperazine rings is 1. The van der Waals surface area contributed by atoms with E-state index in [0.29, 0.717) is 25.1 Å². The summed E-state index contributed by atoms with van der Waals surface area (Å²) < 4.78 is 5.39. The predicted molar refractivity (Wildman–Crippen MR) is 128 cm³/mol. The standard InChI is InChI=1S/C26H37N3O3/c1-25(2,3)20-9-7-8-10-22(20)28-15-17-29(18-16-28)24(31)19-13-14-27-21(19)11-12-23(30)32-26(4,5)6/h7-10,13-14,27H,11-12,15-18H2,1-6H3. The molecule has 0 bridgehead atoms. The Hall–Kier alpha value is -2.76. The van der Waals surface area contributed by atoms with Gasteiger partial charge in [0.25, 0.3) is 5.91 Å². The van der Waals surface area contributed by atoms with Crippen LogP contribution in [0.5, 0.6) is 0 Å². The molecule has 0 unspecified atom stereocenters. The number of nitrogens with zero attached hydrogens (tertiary/aromatic N) is 2. The number of esters is 1. The summed E-state index contributed by atoms with van der Waals surface area (Å²) in [5.41, 5.74) is 3.59. The number of ether oxygens (including phenoxy) is 1. The van der Waals surface area contributed by atoms with E-state index in [1.165, 1.54) is 11.3 Å². The number of H-pyrrole nitrogens is 1. The maximum atomic E-state index is 13.2. The lowest BCUT2D eigenvalue weighted by molar-refractivity contribution is -0.154. The van der Waals surface area contributed by atoms with Gasteiger partial charge in [-0.25, -0.2) is 0 Å². The number of para-hydroxylation sites is 1. The number of hydrogen-bond acceptors (Lipinski definition) is 4. The van der Waals surface area contributed by atoms with Crippen molar-refractivity contribution in [3.63, 3.8) is 0 Å². The molecule has 1 amide bonds. The molecular formula is C26H37N3O3. The molecule has 0 saturated carbocycles. The van der Waals surface area contributed by atoms with Crippen LogP contribution in [0.2, 0.25) is 0 Å². The monoisotopic (exact) mass is 439 g/mol. The van der Waals surface area contributed by atoms with E-state index in [2.05, 4.69) is 54.9 Å². The maximum absolute atomic E-state index is 13.2. The molecule has 1 N–H and O–H groups in total. The highest BCUT2D eigenvalue weighted by Crippen LogP contribution is 2.32. The highest BCUT2D eigenvalue weighted by molar-refractivity contribution is 5.95. The number of nitrogens with one attached hydrogen (secondary N) is 1. The molecule has 1 saturated heterocycles. The van der Waals surface area contributed by atoms with Crippen LogP contribution in [0.4, 0.5) is 5.69 Å². The third kappa shape index (κ3) is 5.93. The molecule has 2 aromatic rings. The van der Waals surface area contributed by atoms with Gasteiger partial charge in [0.05, 0.1) is 12.0 Å². The molecule has 6 nitrogen and oxygen atoms in total. The summed E-state index contributed by atoms with van der Waals surface area (Å²) in [6.07, 6.45) is 2.48. The minimum Gasteiger partial charge on any atom is -0.460 e. The van der Waals surface area contributed by atoms with Crippen LogP contribution < -0.4 is 4.90 Å². The Morgan fingerprint density at radius 1 is 0.969 bits per heavy atom. The summed E-state index contributed by atoms with van der Waals surface area (Å²) in [5.74, 6) is -0.231. The minimum absolute atomic E-state index is 0.0224. The molecule has 1 fully saturated rings. The fraction of sp³-hybridized carbons (Fsp3) is 0.538. The zero-order valence-electron chi connectivity index (χ0n) is 20.3. The topological polar surface area (TPSA) is 65.6 Å². The van der Waals surface area contributed by atoms with E-state index < -0.39 is 5.60 Å². The first-order valence-electron chi connectivity index (χ1n) is 11.5. The highest BCUT2D eigenvalue weighted by atomic mass is 16.6. The number of carbonyl (C=O) groups is 2. The molecule has 1 aromatic carbocycles. The lowest BCUT2D eigenvalue weighted by atomic mass is 9.85. The summed E-state index contributed by atoms with van der Waals surface area (Å²) in [5, 5.41) is 0. The third-order valence-corrected chi connectivity index (χ3v) is 5.68. The predicted octanol–water partition coefficient (Wildman–Crippen LogP) is 4.55. The normalized spacial score (nSPS) is 15.1. The minimum atomic E-state index is -0.503. The van der Waals surface area contributed by atoms with Crippen molar-refractivity contribution in [3.05, 3.63) is 53.3 Å².